The lowest BCUT2D eigenvalue weighted by Gasteiger charge is -2.06. The van der Waals surface area contributed by atoms with E-state index in [4.69, 9.17) is 4.74 Å². The minimum Gasteiger partial charge on any atom is -0.497 e. The molecule has 0 aliphatic heterocycles. The number of hydrogen-bond acceptors (Lipinski definition) is 6. The predicted octanol–water partition coefficient (Wildman–Crippen LogP) is 7.18. The summed E-state index contributed by atoms with van der Waals surface area (Å²) in [5.74, 6) is 0.375. The van der Waals surface area contributed by atoms with Crippen molar-refractivity contribution in [3.63, 3.8) is 0 Å². The van der Waals surface area contributed by atoms with Gasteiger partial charge in [-0.15, -0.1) is 11.3 Å². The molecular weight excluding hydrogens is 438 g/mol. The minimum atomic E-state index is -0.529. The Labute approximate surface area is 197 Å². The number of anilines is 1. The van der Waals surface area contributed by atoms with Gasteiger partial charge in [0.05, 0.1) is 22.2 Å². The summed E-state index contributed by atoms with van der Waals surface area (Å²) in [4.78, 5) is 27.3. The second-order valence-corrected chi connectivity index (χ2v) is 7.22. The highest BCUT2D eigenvalue weighted by Gasteiger charge is 2.12. The Morgan fingerprint density at radius 3 is 2.33 bits per heavy atom. The average Bonchev–Trinajstić information content (AvgIpc) is 3.30. The highest BCUT2D eigenvalue weighted by molar-refractivity contribution is 7.21. The molecule has 4 rings (SSSR count). The predicted molar refractivity (Wildman–Crippen MR) is 135 cm³/mol. The summed E-state index contributed by atoms with van der Waals surface area (Å²) in [6, 6.07) is 18.7. The number of carbonyl (C=O) groups is 1. The molecule has 0 radical (unpaired) electrons. The molecule has 33 heavy (non-hydrogen) atoms. The van der Waals surface area contributed by atoms with E-state index in [0.29, 0.717) is 5.69 Å². The van der Waals surface area contributed by atoms with E-state index in [1.165, 1.54) is 24.3 Å². The molecule has 7 nitrogen and oxygen atoms in total. The normalized spacial score (nSPS) is 9.73. The lowest BCUT2D eigenvalue weighted by Crippen LogP contribution is -2.11. The van der Waals surface area contributed by atoms with Crippen LogP contribution in [0.5, 0.6) is 5.75 Å². The number of hydrogen-bond donors (Lipinski definition) is 1. The Morgan fingerprint density at radius 1 is 1.00 bits per heavy atom. The van der Waals surface area contributed by atoms with Crippen LogP contribution in [-0.4, -0.2) is 22.9 Å². The maximum absolute atomic E-state index is 12.4. The quantitative estimate of drug-likeness (QED) is 0.249. The van der Waals surface area contributed by atoms with Crippen LogP contribution in [0.4, 0.5) is 11.4 Å². The van der Waals surface area contributed by atoms with Crippen LogP contribution in [0.15, 0.2) is 66.7 Å². The topological polar surface area (TPSA) is 94.4 Å². The van der Waals surface area contributed by atoms with Crippen LogP contribution in [0, 0.1) is 10.1 Å². The van der Waals surface area contributed by atoms with E-state index in [-0.39, 0.29) is 11.3 Å². The number of amides is 1. The first-order chi connectivity index (χ1) is 16.0. The van der Waals surface area contributed by atoms with E-state index in [9.17, 15) is 14.9 Å². The molecule has 0 spiro atoms. The van der Waals surface area contributed by atoms with Crippen molar-refractivity contribution in [1.29, 1.82) is 0 Å². The zero-order chi connectivity index (χ0) is 24.4. The van der Waals surface area contributed by atoms with E-state index >= 15 is 0 Å². The summed E-state index contributed by atoms with van der Waals surface area (Å²) in [6.45, 7) is 8.00. The van der Waals surface area contributed by atoms with Gasteiger partial charge in [-0.1, -0.05) is 33.8 Å². The first kappa shape index (κ1) is 25.5. The number of methoxy groups -OCH3 is 1. The van der Waals surface area contributed by atoms with Crippen LogP contribution in [0.2, 0.25) is 0 Å². The van der Waals surface area contributed by atoms with Gasteiger partial charge in [0.1, 0.15) is 10.8 Å². The molecule has 0 unspecified atom stereocenters. The van der Waals surface area contributed by atoms with Gasteiger partial charge in [0.15, 0.2) is 0 Å². The molecule has 3 aromatic carbocycles. The third kappa shape index (κ3) is 6.36. The van der Waals surface area contributed by atoms with E-state index in [0.717, 1.165) is 26.5 Å². The molecule has 1 heterocycles. The van der Waals surface area contributed by atoms with Crippen LogP contribution < -0.4 is 10.1 Å². The molecule has 1 N–H and O–H groups in total. The van der Waals surface area contributed by atoms with Gasteiger partial charge in [-0.3, -0.25) is 14.9 Å². The molecule has 0 saturated heterocycles. The summed E-state index contributed by atoms with van der Waals surface area (Å²) in [5, 5.41) is 14.5. The van der Waals surface area contributed by atoms with Gasteiger partial charge in [0.25, 0.3) is 11.6 Å². The molecule has 0 aliphatic carbocycles. The van der Waals surface area contributed by atoms with Crippen molar-refractivity contribution < 1.29 is 14.5 Å². The maximum atomic E-state index is 12.4. The first-order valence-corrected chi connectivity index (χ1v) is 11.5. The lowest BCUT2D eigenvalue weighted by molar-refractivity contribution is -0.384. The molecular formula is C25H27N3O4S. The monoisotopic (exact) mass is 465 g/mol. The number of ether oxygens (including phenoxy) is 1. The van der Waals surface area contributed by atoms with Crippen LogP contribution in [0.1, 0.15) is 38.1 Å². The number of fused-ring (bicyclic) bond motifs is 1. The number of benzene rings is 3. The standard InChI is InChI=1S/C21H15N3O4S.2C2H6/c1-28-17-9-10-18-19(12-17)29-21(23-18)13-5-7-15(8-6-13)22-20(25)14-3-2-4-16(11-14)24(26)27;2*1-2/h2-12H,1H3,(H,22,25);2*1-2H3. The zero-order valence-electron chi connectivity index (χ0n) is 19.3. The number of nitro groups is 1. The molecule has 0 aliphatic rings. The van der Waals surface area contributed by atoms with Crippen molar-refractivity contribution in [3.8, 4) is 16.3 Å². The summed E-state index contributed by atoms with van der Waals surface area (Å²) in [7, 11) is 1.63. The Kier molecular flexibility index (Phi) is 9.50. The third-order valence-electron chi connectivity index (χ3n) is 4.30. The fraction of sp³-hybridized carbons (Fsp3) is 0.200. The van der Waals surface area contributed by atoms with E-state index in [1.54, 1.807) is 30.6 Å². The highest BCUT2D eigenvalue weighted by Crippen LogP contribution is 2.32. The Bertz CT molecular complexity index is 1220. The van der Waals surface area contributed by atoms with E-state index in [1.807, 2.05) is 58.0 Å². The van der Waals surface area contributed by atoms with Gasteiger partial charge < -0.3 is 10.1 Å². The number of thiazole rings is 1. The number of nitro benzene ring substituents is 1. The van der Waals surface area contributed by atoms with Crippen molar-refractivity contribution in [2.45, 2.75) is 27.7 Å². The van der Waals surface area contributed by atoms with Gasteiger partial charge in [-0.05, 0) is 48.5 Å². The van der Waals surface area contributed by atoms with Gasteiger partial charge in [-0.25, -0.2) is 4.98 Å². The summed E-state index contributed by atoms with van der Waals surface area (Å²) < 4.78 is 6.28. The molecule has 0 fully saturated rings. The number of nitrogens with zero attached hydrogens (tertiary/aromatic N) is 2. The third-order valence-corrected chi connectivity index (χ3v) is 5.37. The van der Waals surface area contributed by atoms with Crippen LogP contribution in [0.3, 0.4) is 0 Å². The van der Waals surface area contributed by atoms with Crippen molar-refractivity contribution in [2.75, 3.05) is 12.4 Å². The Morgan fingerprint density at radius 2 is 1.70 bits per heavy atom. The van der Waals surface area contributed by atoms with Gasteiger partial charge >= 0.3 is 0 Å². The zero-order valence-corrected chi connectivity index (χ0v) is 20.1. The highest BCUT2D eigenvalue weighted by atomic mass is 32.1. The molecule has 1 amide bonds. The molecule has 0 saturated carbocycles. The van der Waals surface area contributed by atoms with E-state index in [2.05, 4.69) is 10.3 Å². The van der Waals surface area contributed by atoms with Gasteiger partial charge in [-0.2, -0.15) is 0 Å². The fourth-order valence-corrected chi connectivity index (χ4v) is 3.82. The number of nitrogens with one attached hydrogen (secondary N) is 1. The van der Waals surface area contributed by atoms with Crippen LogP contribution in [0.25, 0.3) is 20.8 Å². The second-order valence-electron chi connectivity index (χ2n) is 6.19. The van der Waals surface area contributed by atoms with Gasteiger partial charge in [0, 0.05) is 28.9 Å². The SMILES string of the molecule is CC.CC.COc1ccc2nc(-c3ccc(NC(=O)c4cccc([N+](=O)[O-])c4)cc3)sc2c1. The summed E-state index contributed by atoms with van der Waals surface area (Å²) >= 11 is 1.56. The van der Waals surface area contributed by atoms with Crippen LogP contribution in [-0.2, 0) is 0 Å². The largest absolute Gasteiger partial charge is 0.497 e. The van der Waals surface area contributed by atoms with Crippen LogP contribution >= 0.6 is 11.3 Å². The van der Waals surface area contributed by atoms with Gasteiger partial charge in [0.2, 0.25) is 0 Å². The molecule has 1 aromatic heterocycles. The van der Waals surface area contributed by atoms with Crippen molar-refractivity contribution >= 4 is 38.8 Å². The average molecular weight is 466 g/mol. The molecule has 0 atom stereocenters. The first-order valence-electron chi connectivity index (χ1n) is 10.6. The van der Waals surface area contributed by atoms with Crippen molar-refractivity contribution in [3.05, 3.63) is 82.4 Å². The second kappa shape index (κ2) is 12.3. The number of rotatable bonds is 5. The lowest BCUT2D eigenvalue weighted by atomic mass is 10.1. The summed E-state index contributed by atoms with van der Waals surface area (Å²) in [6.07, 6.45) is 0. The number of aromatic nitrogens is 1. The Balaban J connectivity index is 0.000000914. The minimum absolute atomic E-state index is 0.125. The number of carbonyl (C=O) groups excluding carboxylic acids is 1. The Hall–Kier alpha value is -3.78. The molecule has 172 valence electrons. The molecule has 8 heteroatoms. The maximum Gasteiger partial charge on any atom is 0.270 e. The fourth-order valence-electron chi connectivity index (χ4n) is 2.82. The number of non-ortho nitro benzene ring substituents is 1. The molecule has 0 bridgehead atoms. The van der Waals surface area contributed by atoms with Crippen molar-refractivity contribution in [2.24, 2.45) is 0 Å². The van der Waals surface area contributed by atoms with E-state index < -0.39 is 10.8 Å². The smallest absolute Gasteiger partial charge is 0.270 e. The summed E-state index contributed by atoms with van der Waals surface area (Å²) in [5.41, 5.74) is 2.52. The van der Waals surface area contributed by atoms with Crippen molar-refractivity contribution in [1.82, 2.24) is 4.98 Å². The molecule has 4 aromatic rings.